The first-order chi connectivity index (χ1) is 7.22. The second-order valence-corrected chi connectivity index (χ2v) is 3.00. The van der Waals surface area contributed by atoms with Crippen molar-refractivity contribution in [2.45, 2.75) is 0 Å². The number of nitrogens with zero attached hydrogens (tertiary/aromatic N) is 3. The van der Waals surface area contributed by atoms with Gasteiger partial charge in [-0.1, -0.05) is 0 Å². The maximum atomic E-state index is 11.2. The number of aromatic nitrogens is 4. The average molecular weight is 206 g/mol. The van der Waals surface area contributed by atoms with Crippen LogP contribution < -0.4 is 0 Å². The van der Waals surface area contributed by atoms with E-state index >= 15 is 0 Å². The number of hydrogen-bond donors (Lipinski definition) is 1. The van der Waals surface area contributed by atoms with E-state index < -0.39 is 5.97 Å². The second kappa shape index (κ2) is 3.56. The summed E-state index contributed by atoms with van der Waals surface area (Å²) in [7, 11) is 3.08. The minimum Gasteiger partial charge on any atom is -0.464 e. The van der Waals surface area contributed by atoms with Crippen LogP contribution in [0.1, 0.15) is 10.5 Å². The largest absolute Gasteiger partial charge is 0.464 e. The van der Waals surface area contributed by atoms with Gasteiger partial charge < -0.3 is 9.72 Å². The van der Waals surface area contributed by atoms with Gasteiger partial charge in [0.15, 0.2) is 5.69 Å². The molecule has 2 aromatic rings. The molecular weight excluding hydrogens is 196 g/mol. The van der Waals surface area contributed by atoms with Crippen LogP contribution in [0.5, 0.6) is 0 Å². The van der Waals surface area contributed by atoms with Crippen molar-refractivity contribution in [3.05, 3.63) is 24.3 Å². The highest BCUT2D eigenvalue weighted by Gasteiger charge is 2.14. The fourth-order valence-electron chi connectivity index (χ4n) is 1.32. The number of carbonyl (C=O) groups is 1. The first-order valence-electron chi connectivity index (χ1n) is 4.33. The summed E-state index contributed by atoms with van der Waals surface area (Å²) in [6, 6.07) is 1.65. The highest BCUT2D eigenvalue weighted by Crippen LogP contribution is 2.16. The zero-order valence-corrected chi connectivity index (χ0v) is 8.39. The Kier molecular flexibility index (Phi) is 2.24. The van der Waals surface area contributed by atoms with Crippen molar-refractivity contribution >= 4 is 5.97 Å². The normalized spacial score (nSPS) is 10.3. The van der Waals surface area contributed by atoms with Gasteiger partial charge in [-0.15, -0.1) is 0 Å². The Balaban J connectivity index is 2.42. The molecule has 1 N–H and O–H groups in total. The molecule has 0 bridgehead atoms. The minimum atomic E-state index is -0.448. The van der Waals surface area contributed by atoms with Crippen LogP contribution in [0.2, 0.25) is 0 Å². The molecule has 0 aromatic carbocycles. The van der Waals surface area contributed by atoms with E-state index in [1.807, 2.05) is 0 Å². The first kappa shape index (κ1) is 9.45. The number of imidazole rings is 1. The Bertz CT molecular complexity index is 472. The van der Waals surface area contributed by atoms with Crippen molar-refractivity contribution in [1.82, 2.24) is 19.7 Å². The third-order valence-electron chi connectivity index (χ3n) is 2.05. The smallest absolute Gasteiger partial charge is 0.358 e. The fraction of sp³-hybridized carbons (Fsp3) is 0.222. The molecular formula is C9H10N4O2. The van der Waals surface area contributed by atoms with E-state index in [0.717, 1.165) is 11.4 Å². The predicted molar refractivity (Wildman–Crippen MR) is 52.1 cm³/mol. The molecule has 2 rings (SSSR count). The summed E-state index contributed by atoms with van der Waals surface area (Å²) in [6.45, 7) is 0. The van der Waals surface area contributed by atoms with E-state index in [1.165, 1.54) is 7.11 Å². The van der Waals surface area contributed by atoms with Gasteiger partial charge in [0.1, 0.15) is 0 Å². The molecule has 0 spiro atoms. The summed E-state index contributed by atoms with van der Waals surface area (Å²) in [4.78, 5) is 18.1. The van der Waals surface area contributed by atoms with Gasteiger partial charge in [-0.25, -0.2) is 9.78 Å². The fourth-order valence-corrected chi connectivity index (χ4v) is 1.32. The van der Waals surface area contributed by atoms with Crippen LogP contribution in [-0.4, -0.2) is 32.8 Å². The van der Waals surface area contributed by atoms with Crippen molar-refractivity contribution in [3.63, 3.8) is 0 Å². The molecule has 6 nitrogen and oxygen atoms in total. The Morgan fingerprint density at radius 2 is 2.40 bits per heavy atom. The van der Waals surface area contributed by atoms with E-state index in [4.69, 9.17) is 0 Å². The van der Waals surface area contributed by atoms with Crippen molar-refractivity contribution in [2.24, 2.45) is 7.05 Å². The molecule has 78 valence electrons. The number of nitrogens with one attached hydrogen (secondary N) is 1. The molecule has 15 heavy (non-hydrogen) atoms. The summed E-state index contributed by atoms with van der Waals surface area (Å²) in [5, 5.41) is 4.03. The van der Waals surface area contributed by atoms with Gasteiger partial charge in [-0.3, -0.25) is 4.68 Å². The number of hydrogen-bond acceptors (Lipinski definition) is 4. The van der Waals surface area contributed by atoms with Gasteiger partial charge in [0.05, 0.1) is 31.0 Å². The summed E-state index contributed by atoms with van der Waals surface area (Å²) in [5.41, 5.74) is 1.87. The summed E-state index contributed by atoms with van der Waals surface area (Å²) < 4.78 is 6.18. The molecule has 0 aliphatic heterocycles. The molecule has 0 aliphatic rings. The van der Waals surface area contributed by atoms with E-state index in [2.05, 4.69) is 19.8 Å². The van der Waals surface area contributed by atoms with Crippen molar-refractivity contribution < 1.29 is 9.53 Å². The van der Waals surface area contributed by atoms with E-state index in [9.17, 15) is 4.79 Å². The molecule has 0 saturated heterocycles. The number of esters is 1. The lowest BCUT2D eigenvalue weighted by Crippen LogP contribution is -2.02. The van der Waals surface area contributed by atoms with Crippen LogP contribution in [-0.2, 0) is 11.8 Å². The first-order valence-corrected chi connectivity index (χ1v) is 4.33. The summed E-state index contributed by atoms with van der Waals surface area (Å²) in [5.74, 6) is -0.448. The third kappa shape index (κ3) is 1.61. The van der Waals surface area contributed by atoms with Crippen LogP contribution >= 0.6 is 0 Å². The molecule has 2 heterocycles. The zero-order valence-electron chi connectivity index (χ0n) is 8.39. The Morgan fingerprint density at radius 1 is 1.60 bits per heavy atom. The van der Waals surface area contributed by atoms with Gasteiger partial charge in [0.25, 0.3) is 0 Å². The monoisotopic (exact) mass is 206 g/mol. The molecule has 0 unspecified atom stereocenters. The Morgan fingerprint density at radius 3 is 3.00 bits per heavy atom. The van der Waals surface area contributed by atoms with Crippen molar-refractivity contribution in [3.8, 4) is 11.4 Å². The molecule has 0 saturated carbocycles. The highest BCUT2D eigenvalue weighted by molar-refractivity contribution is 5.88. The molecule has 0 amide bonds. The number of methoxy groups -OCH3 is 1. The number of carbonyl (C=O) groups excluding carboxylic acids is 1. The lowest BCUT2D eigenvalue weighted by atomic mass is 10.3. The molecule has 0 atom stereocenters. The molecule has 0 aliphatic carbocycles. The maximum absolute atomic E-state index is 11.2. The predicted octanol–water partition coefficient (Wildman–Crippen LogP) is 0.597. The van der Waals surface area contributed by atoms with Gasteiger partial charge in [0, 0.05) is 13.1 Å². The van der Waals surface area contributed by atoms with Gasteiger partial charge in [0.2, 0.25) is 0 Å². The van der Waals surface area contributed by atoms with E-state index in [0.29, 0.717) is 0 Å². The third-order valence-corrected chi connectivity index (χ3v) is 2.05. The summed E-state index contributed by atoms with van der Waals surface area (Å²) in [6.07, 6.45) is 3.23. The van der Waals surface area contributed by atoms with Gasteiger partial charge in [-0.2, -0.15) is 5.10 Å². The number of aromatic amines is 1. The molecule has 0 fully saturated rings. The Labute approximate surface area is 85.9 Å². The lowest BCUT2D eigenvalue weighted by molar-refractivity contribution is 0.0593. The number of H-pyrrole nitrogens is 1. The second-order valence-electron chi connectivity index (χ2n) is 3.00. The quantitative estimate of drug-likeness (QED) is 0.730. The van der Waals surface area contributed by atoms with Crippen LogP contribution in [0, 0.1) is 0 Å². The van der Waals surface area contributed by atoms with Crippen LogP contribution in [0.3, 0.4) is 0 Å². The summed E-state index contributed by atoms with van der Waals surface area (Å²) >= 11 is 0. The number of aryl methyl sites for hydroxylation is 1. The van der Waals surface area contributed by atoms with Gasteiger partial charge in [-0.05, 0) is 0 Å². The van der Waals surface area contributed by atoms with Crippen LogP contribution in [0.4, 0.5) is 0 Å². The van der Waals surface area contributed by atoms with Crippen molar-refractivity contribution in [1.29, 1.82) is 0 Å². The SMILES string of the molecule is COC(=O)c1cc(-c2cnc[nH]2)n(C)n1. The van der Waals surface area contributed by atoms with E-state index in [-0.39, 0.29) is 5.69 Å². The number of ether oxygens (including phenoxy) is 1. The topological polar surface area (TPSA) is 72.8 Å². The van der Waals surface area contributed by atoms with Gasteiger partial charge >= 0.3 is 5.97 Å². The molecule has 6 heteroatoms. The van der Waals surface area contributed by atoms with Crippen LogP contribution in [0.15, 0.2) is 18.6 Å². The maximum Gasteiger partial charge on any atom is 0.358 e. The number of rotatable bonds is 2. The van der Waals surface area contributed by atoms with Crippen molar-refractivity contribution in [2.75, 3.05) is 7.11 Å². The lowest BCUT2D eigenvalue weighted by Gasteiger charge is -1.95. The Hall–Kier alpha value is -2.11. The standard InChI is InChI=1S/C9H10N4O2/c1-13-8(7-4-10-5-11-7)3-6(12-13)9(14)15-2/h3-5H,1-2H3,(H,10,11). The molecule has 2 aromatic heterocycles. The average Bonchev–Trinajstić information content (AvgIpc) is 2.84. The van der Waals surface area contributed by atoms with Crippen LogP contribution in [0.25, 0.3) is 11.4 Å². The molecule has 0 radical (unpaired) electrons. The minimum absolute atomic E-state index is 0.282. The highest BCUT2D eigenvalue weighted by atomic mass is 16.5. The zero-order chi connectivity index (χ0) is 10.8. The van der Waals surface area contributed by atoms with E-state index in [1.54, 1.807) is 30.3 Å².